The average Bonchev–Trinajstić information content (AvgIpc) is 3.59. The van der Waals surface area contributed by atoms with Crippen molar-refractivity contribution in [2.45, 2.75) is 45.2 Å². The minimum Gasteiger partial charge on any atom is -0.497 e. The van der Waals surface area contributed by atoms with Crippen LogP contribution < -0.4 is 9.47 Å². The first-order chi connectivity index (χ1) is 20.2. The number of aromatic nitrogens is 4. The molecule has 4 rings (SSSR count). The molecule has 0 N–H and O–H groups in total. The van der Waals surface area contributed by atoms with E-state index >= 15 is 0 Å². The van der Waals surface area contributed by atoms with Crippen LogP contribution in [0.25, 0.3) is 11.2 Å². The lowest BCUT2D eigenvalue weighted by atomic mass is 10.1. The van der Waals surface area contributed by atoms with Crippen molar-refractivity contribution in [1.29, 1.82) is 0 Å². The number of methoxy groups -OCH3 is 2. The summed E-state index contributed by atoms with van der Waals surface area (Å²) in [6.45, 7) is -2.69. The Morgan fingerprint density at radius 2 is 1.59 bits per heavy atom. The number of benzene rings is 1. The smallest absolute Gasteiger partial charge is 0.303 e. The summed E-state index contributed by atoms with van der Waals surface area (Å²) >= 11 is 0. The van der Waals surface area contributed by atoms with Crippen molar-refractivity contribution in [3.05, 3.63) is 42.1 Å². The number of carbonyl (C=O) groups excluding carboxylic acids is 4. The maximum atomic E-state index is 13.5. The number of rotatable bonds is 9. The zero-order valence-corrected chi connectivity index (χ0v) is 20.9. The molecule has 1 unspecified atom stereocenters. The van der Waals surface area contributed by atoms with E-state index in [1.165, 1.54) is 37.2 Å². The van der Waals surface area contributed by atoms with Crippen LogP contribution in [0.4, 0.5) is 0 Å². The van der Waals surface area contributed by atoms with E-state index in [-0.39, 0.29) is 22.4 Å². The van der Waals surface area contributed by atoms with Gasteiger partial charge in [-0.05, 0) is 12.1 Å². The van der Waals surface area contributed by atoms with Gasteiger partial charge in [-0.2, -0.15) is 0 Å². The highest BCUT2D eigenvalue weighted by atomic mass is 16.7. The molecule has 0 saturated carbocycles. The molecule has 14 heteroatoms. The third kappa shape index (κ3) is 5.80. The lowest BCUT2D eigenvalue weighted by Gasteiger charge is -2.23. The maximum absolute atomic E-state index is 13.5. The van der Waals surface area contributed by atoms with Crippen LogP contribution in [-0.2, 0) is 33.3 Å². The van der Waals surface area contributed by atoms with Crippen LogP contribution in [-0.4, -0.2) is 82.3 Å². The Hall–Kier alpha value is -4.59. The first-order valence-corrected chi connectivity index (χ1v) is 11.3. The minimum absolute atomic E-state index is 0.0576. The Morgan fingerprint density at radius 1 is 0.923 bits per heavy atom. The normalized spacial score (nSPS) is 21.3. The maximum Gasteiger partial charge on any atom is 0.303 e. The SMILES string of the molecule is [2H]CC(=O)OC[C@H]1OC(n2cnc3c(C(=O)c4cc(OC)cc(OC)c4)ncnc32)[C@H](OC(=O)C[2H])[C@@H]1OC(=O)C[2H]. The highest BCUT2D eigenvalue weighted by molar-refractivity contribution is 6.13. The standard InChI is InChI=1S/C25H26N4O10/c1-12(30)36-9-18-22(37-13(2)31)23(38-14(3)32)25(39-18)29-11-28-20-19(26-10-27-24(20)29)21(33)15-6-16(34-4)8-17(7-15)35-5/h6-8,10-11,18,22-23,25H,9H2,1-5H3/t18-,22-,23-,25?/m1/s1/i1D,2D,3D. The average molecular weight is 546 g/mol. The van der Waals surface area contributed by atoms with Gasteiger partial charge < -0.3 is 28.4 Å². The van der Waals surface area contributed by atoms with E-state index in [4.69, 9.17) is 32.5 Å². The number of hydrogen-bond donors (Lipinski definition) is 0. The molecule has 0 radical (unpaired) electrons. The van der Waals surface area contributed by atoms with Gasteiger partial charge in [0.25, 0.3) is 0 Å². The summed E-state index contributed by atoms with van der Waals surface area (Å²) in [4.78, 5) is 62.1. The summed E-state index contributed by atoms with van der Waals surface area (Å²) in [7, 11) is 2.88. The van der Waals surface area contributed by atoms with Gasteiger partial charge in [0.15, 0.2) is 24.1 Å². The van der Waals surface area contributed by atoms with Crippen LogP contribution >= 0.6 is 0 Å². The molecule has 39 heavy (non-hydrogen) atoms. The number of carbonyl (C=O) groups is 4. The summed E-state index contributed by atoms with van der Waals surface area (Å²) in [5.74, 6) is -2.63. The Bertz CT molecular complexity index is 1460. The van der Waals surface area contributed by atoms with Gasteiger partial charge in [-0.15, -0.1) is 0 Å². The molecule has 3 aromatic rings. The van der Waals surface area contributed by atoms with Crippen molar-refractivity contribution >= 4 is 34.9 Å². The molecular weight excluding hydrogens is 516 g/mol. The largest absolute Gasteiger partial charge is 0.497 e. The van der Waals surface area contributed by atoms with Crippen LogP contribution in [0.3, 0.4) is 0 Å². The van der Waals surface area contributed by atoms with E-state index in [1.54, 1.807) is 6.07 Å². The Balaban J connectivity index is 1.76. The zero-order valence-electron chi connectivity index (χ0n) is 23.9. The predicted molar refractivity (Wildman–Crippen MR) is 130 cm³/mol. The molecule has 1 aliphatic rings. The lowest BCUT2D eigenvalue weighted by Crippen LogP contribution is -2.40. The molecular formula is C25H26N4O10. The van der Waals surface area contributed by atoms with Crippen molar-refractivity contribution in [3.8, 4) is 11.5 Å². The number of nitrogens with zero attached hydrogens (tertiary/aromatic N) is 4. The molecule has 0 amide bonds. The van der Waals surface area contributed by atoms with Crippen LogP contribution in [0.1, 0.15) is 47.1 Å². The molecule has 0 bridgehead atoms. The first kappa shape index (κ1) is 23.5. The van der Waals surface area contributed by atoms with Crippen LogP contribution in [0.2, 0.25) is 0 Å². The highest BCUT2D eigenvalue weighted by Gasteiger charge is 2.51. The van der Waals surface area contributed by atoms with Gasteiger partial charge in [-0.25, -0.2) is 15.0 Å². The fourth-order valence-corrected chi connectivity index (χ4v) is 4.09. The molecule has 1 aromatic carbocycles. The van der Waals surface area contributed by atoms with Gasteiger partial charge in [0.2, 0.25) is 5.78 Å². The van der Waals surface area contributed by atoms with Crippen LogP contribution in [0, 0.1) is 0 Å². The summed E-state index contributed by atoms with van der Waals surface area (Å²) in [6, 6.07) is 4.60. The van der Waals surface area contributed by atoms with Gasteiger partial charge in [-0.3, -0.25) is 23.7 Å². The second kappa shape index (κ2) is 11.4. The lowest BCUT2D eigenvalue weighted by molar-refractivity contribution is -0.166. The summed E-state index contributed by atoms with van der Waals surface area (Å²) < 4.78 is 55.4. The van der Waals surface area contributed by atoms with Gasteiger partial charge in [0.1, 0.15) is 41.7 Å². The highest BCUT2D eigenvalue weighted by Crippen LogP contribution is 2.36. The van der Waals surface area contributed by atoms with E-state index in [9.17, 15) is 19.2 Å². The summed E-state index contributed by atoms with van der Waals surface area (Å²) in [6.07, 6.45) is -2.89. The van der Waals surface area contributed by atoms with Gasteiger partial charge in [0.05, 0.1) is 20.5 Å². The number of ether oxygens (including phenoxy) is 6. The number of esters is 3. The van der Waals surface area contributed by atoms with Crippen molar-refractivity contribution in [2.75, 3.05) is 20.8 Å². The van der Waals surface area contributed by atoms with E-state index in [0.29, 0.717) is 11.5 Å². The van der Waals surface area contributed by atoms with Crippen molar-refractivity contribution in [3.63, 3.8) is 0 Å². The molecule has 0 aliphatic carbocycles. The van der Waals surface area contributed by atoms with Gasteiger partial charge in [0, 0.05) is 36.4 Å². The molecule has 14 nitrogen and oxygen atoms in total. The van der Waals surface area contributed by atoms with Crippen LogP contribution in [0.5, 0.6) is 11.5 Å². The summed E-state index contributed by atoms with van der Waals surface area (Å²) in [5, 5.41) is 0. The fraction of sp³-hybridized carbons (Fsp3) is 0.400. The van der Waals surface area contributed by atoms with Gasteiger partial charge in [-0.1, -0.05) is 0 Å². The third-order valence-corrected chi connectivity index (χ3v) is 5.69. The quantitative estimate of drug-likeness (QED) is 0.215. The number of imidazole rings is 1. The molecule has 1 fully saturated rings. The van der Waals surface area contributed by atoms with E-state index in [0.717, 1.165) is 6.33 Å². The second-order valence-corrected chi connectivity index (χ2v) is 8.13. The number of ketones is 1. The molecule has 1 saturated heterocycles. The van der Waals surface area contributed by atoms with E-state index < -0.39 is 75.5 Å². The molecule has 1 aliphatic heterocycles. The van der Waals surface area contributed by atoms with Crippen molar-refractivity contribution in [2.24, 2.45) is 0 Å². The predicted octanol–water partition coefficient (Wildman–Crippen LogP) is 1.40. The molecule has 3 heterocycles. The Morgan fingerprint density at radius 3 is 2.23 bits per heavy atom. The second-order valence-electron chi connectivity index (χ2n) is 8.13. The molecule has 0 spiro atoms. The van der Waals surface area contributed by atoms with Crippen molar-refractivity contribution in [1.82, 2.24) is 19.5 Å². The topological polar surface area (TPSA) is 167 Å². The fourth-order valence-electron chi connectivity index (χ4n) is 4.09. The van der Waals surface area contributed by atoms with E-state index in [2.05, 4.69) is 15.0 Å². The molecule has 4 atom stereocenters. The monoisotopic (exact) mass is 545 g/mol. The summed E-state index contributed by atoms with van der Waals surface area (Å²) in [5.41, 5.74) is 0.250. The van der Waals surface area contributed by atoms with E-state index in [1.807, 2.05) is 0 Å². The minimum atomic E-state index is -1.40. The first-order valence-electron chi connectivity index (χ1n) is 13.4. The molecule has 2 aromatic heterocycles. The third-order valence-electron chi connectivity index (χ3n) is 5.69. The number of hydrogen-bond acceptors (Lipinski definition) is 13. The molecule has 206 valence electrons. The number of fused-ring (bicyclic) bond motifs is 1. The zero-order chi connectivity index (χ0) is 30.4. The Kier molecular flexibility index (Phi) is 6.89. The van der Waals surface area contributed by atoms with Gasteiger partial charge >= 0.3 is 17.9 Å². The van der Waals surface area contributed by atoms with Crippen LogP contribution in [0.15, 0.2) is 30.9 Å². The van der Waals surface area contributed by atoms with Crippen molar-refractivity contribution < 1.29 is 51.7 Å². The Labute approximate surface area is 226 Å².